The third-order valence-corrected chi connectivity index (χ3v) is 5.02. The van der Waals surface area contributed by atoms with E-state index in [1.807, 2.05) is 4.90 Å². The second-order valence-corrected chi connectivity index (χ2v) is 7.07. The first kappa shape index (κ1) is 22.8. The summed E-state index contributed by atoms with van der Waals surface area (Å²) in [7, 11) is 4.66. The number of hydrogen-bond donors (Lipinski definition) is 1. The van der Waals surface area contributed by atoms with Crippen LogP contribution < -0.4 is 19.5 Å². The number of methoxy groups -OCH3 is 3. The fourth-order valence-electron chi connectivity index (χ4n) is 3.34. The molecule has 1 heterocycles. The second-order valence-electron chi connectivity index (χ2n) is 7.07. The Hall–Kier alpha value is -2.48. The minimum atomic E-state index is 0.0475. The van der Waals surface area contributed by atoms with Gasteiger partial charge in [-0.05, 0) is 24.1 Å². The van der Waals surface area contributed by atoms with Gasteiger partial charge in [-0.25, -0.2) is 0 Å². The van der Waals surface area contributed by atoms with Crippen molar-refractivity contribution in [1.82, 2.24) is 15.1 Å². The number of nitrogens with one attached hydrogen (secondary N) is 1. The molecule has 2 amide bonds. The predicted molar refractivity (Wildman–Crippen MR) is 111 cm³/mol. The summed E-state index contributed by atoms with van der Waals surface area (Å²) in [6, 6.07) is 3.60. The fraction of sp³-hybridized carbons (Fsp3) is 0.619. The maximum atomic E-state index is 12.7. The number of nitrogens with zero attached hydrogens (tertiary/aromatic N) is 2. The minimum absolute atomic E-state index is 0.0475. The zero-order chi connectivity index (χ0) is 21.2. The van der Waals surface area contributed by atoms with Crippen molar-refractivity contribution in [3.63, 3.8) is 0 Å². The lowest BCUT2D eigenvalue weighted by molar-refractivity contribution is -0.132. The highest BCUT2D eigenvalue weighted by atomic mass is 16.5. The van der Waals surface area contributed by atoms with Crippen molar-refractivity contribution in [2.24, 2.45) is 0 Å². The molecule has 1 fully saturated rings. The molecule has 162 valence electrons. The highest BCUT2D eigenvalue weighted by Gasteiger charge is 2.23. The predicted octanol–water partition coefficient (Wildman–Crippen LogP) is 1.32. The van der Waals surface area contributed by atoms with Crippen molar-refractivity contribution >= 4 is 11.8 Å². The van der Waals surface area contributed by atoms with Crippen LogP contribution in [0.4, 0.5) is 0 Å². The van der Waals surface area contributed by atoms with E-state index in [1.165, 1.54) is 0 Å². The second kappa shape index (κ2) is 11.5. The SMILES string of the molecule is CCCCNC(=O)CN1CCN(C(=O)Cc2cc(OC)c(OC)c(OC)c2)CC1. The van der Waals surface area contributed by atoms with Gasteiger partial charge < -0.3 is 24.4 Å². The summed E-state index contributed by atoms with van der Waals surface area (Å²) in [6.45, 7) is 5.84. The first-order chi connectivity index (χ1) is 14.0. The number of carbonyl (C=O) groups is 2. The van der Waals surface area contributed by atoms with Gasteiger partial charge in [0.25, 0.3) is 0 Å². The molecule has 1 saturated heterocycles. The third-order valence-electron chi connectivity index (χ3n) is 5.02. The molecule has 0 unspecified atom stereocenters. The highest BCUT2D eigenvalue weighted by Crippen LogP contribution is 2.38. The summed E-state index contributed by atoms with van der Waals surface area (Å²) >= 11 is 0. The Morgan fingerprint density at radius 2 is 1.62 bits per heavy atom. The molecule has 1 aromatic carbocycles. The van der Waals surface area contributed by atoms with Crippen LogP contribution in [0, 0.1) is 0 Å². The van der Waals surface area contributed by atoms with Gasteiger partial charge in [-0.1, -0.05) is 13.3 Å². The number of unbranched alkanes of at least 4 members (excludes halogenated alkanes) is 1. The van der Waals surface area contributed by atoms with Gasteiger partial charge in [0.2, 0.25) is 17.6 Å². The smallest absolute Gasteiger partial charge is 0.234 e. The molecule has 0 radical (unpaired) electrons. The summed E-state index contributed by atoms with van der Waals surface area (Å²) in [4.78, 5) is 28.6. The van der Waals surface area contributed by atoms with E-state index in [-0.39, 0.29) is 18.2 Å². The average Bonchev–Trinajstić information content (AvgIpc) is 2.73. The highest BCUT2D eigenvalue weighted by molar-refractivity contribution is 5.80. The topological polar surface area (TPSA) is 80.3 Å². The van der Waals surface area contributed by atoms with Gasteiger partial charge in [0.15, 0.2) is 11.5 Å². The number of piperazine rings is 1. The molecule has 0 atom stereocenters. The first-order valence-corrected chi connectivity index (χ1v) is 10.1. The van der Waals surface area contributed by atoms with Gasteiger partial charge in [-0.3, -0.25) is 14.5 Å². The summed E-state index contributed by atoms with van der Waals surface area (Å²) in [6.07, 6.45) is 2.32. The number of rotatable bonds is 10. The van der Waals surface area contributed by atoms with Crippen LogP contribution in [0.1, 0.15) is 25.3 Å². The van der Waals surface area contributed by atoms with Gasteiger partial charge in [-0.2, -0.15) is 0 Å². The van der Waals surface area contributed by atoms with E-state index in [2.05, 4.69) is 17.1 Å². The van der Waals surface area contributed by atoms with Gasteiger partial charge in [0.05, 0.1) is 34.3 Å². The molecular weight excluding hydrogens is 374 g/mol. The Balaban J connectivity index is 1.87. The Morgan fingerprint density at radius 3 is 2.14 bits per heavy atom. The standard InChI is InChI=1S/C21H33N3O5/c1-5-6-7-22-19(25)15-23-8-10-24(11-9-23)20(26)14-16-12-17(27-2)21(29-4)18(13-16)28-3/h12-13H,5-11,14-15H2,1-4H3,(H,22,25). The first-order valence-electron chi connectivity index (χ1n) is 10.1. The molecule has 2 rings (SSSR count). The quantitative estimate of drug-likeness (QED) is 0.589. The number of benzene rings is 1. The number of hydrogen-bond acceptors (Lipinski definition) is 6. The summed E-state index contributed by atoms with van der Waals surface area (Å²) in [5, 5.41) is 2.93. The number of ether oxygens (including phenoxy) is 3. The van der Waals surface area contributed by atoms with Crippen LogP contribution in [-0.4, -0.2) is 82.2 Å². The summed E-state index contributed by atoms with van der Waals surface area (Å²) < 4.78 is 16.0. The van der Waals surface area contributed by atoms with E-state index < -0.39 is 0 Å². The van der Waals surface area contributed by atoms with Crippen molar-refractivity contribution in [2.75, 3.05) is 60.6 Å². The van der Waals surface area contributed by atoms with Crippen molar-refractivity contribution in [3.8, 4) is 17.2 Å². The van der Waals surface area contributed by atoms with E-state index in [0.717, 1.165) is 24.9 Å². The van der Waals surface area contributed by atoms with Crippen LogP contribution in [-0.2, 0) is 16.0 Å². The minimum Gasteiger partial charge on any atom is -0.493 e. The van der Waals surface area contributed by atoms with Crippen molar-refractivity contribution in [2.45, 2.75) is 26.2 Å². The monoisotopic (exact) mass is 407 g/mol. The molecule has 1 aliphatic heterocycles. The van der Waals surface area contributed by atoms with Crippen LogP contribution in [0.2, 0.25) is 0 Å². The molecule has 0 saturated carbocycles. The maximum absolute atomic E-state index is 12.7. The number of amides is 2. The van der Waals surface area contributed by atoms with Crippen molar-refractivity contribution in [1.29, 1.82) is 0 Å². The van der Waals surface area contributed by atoms with Crippen LogP contribution in [0.5, 0.6) is 17.2 Å². The Morgan fingerprint density at radius 1 is 1.00 bits per heavy atom. The molecule has 1 N–H and O–H groups in total. The van der Waals surface area contributed by atoms with E-state index >= 15 is 0 Å². The average molecular weight is 408 g/mol. The lowest BCUT2D eigenvalue weighted by Crippen LogP contribution is -2.51. The fourth-order valence-corrected chi connectivity index (χ4v) is 3.34. The van der Waals surface area contributed by atoms with E-state index in [9.17, 15) is 9.59 Å². The molecule has 0 aromatic heterocycles. The summed E-state index contributed by atoms with van der Waals surface area (Å²) in [5.41, 5.74) is 0.808. The third kappa shape index (κ3) is 6.52. The molecule has 0 spiro atoms. The molecule has 29 heavy (non-hydrogen) atoms. The molecule has 0 aliphatic carbocycles. The Bertz CT molecular complexity index is 662. The van der Waals surface area contributed by atoms with Gasteiger partial charge in [-0.15, -0.1) is 0 Å². The van der Waals surface area contributed by atoms with Crippen molar-refractivity contribution in [3.05, 3.63) is 17.7 Å². The zero-order valence-corrected chi connectivity index (χ0v) is 18.0. The zero-order valence-electron chi connectivity index (χ0n) is 18.0. The lowest BCUT2D eigenvalue weighted by Gasteiger charge is -2.34. The molecule has 1 aromatic rings. The van der Waals surface area contributed by atoms with Gasteiger partial charge >= 0.3 is 0 Å². The van der Waals surface area contributed by atoms with Crippen LogP contribution in [0.25, 0.3) is 0 Å². The Kier molecular flexibility index (Phi) is 9.05. The largest absolute Gasteiger partial charge is 0.493 e. The Labute approximate surface area is 173 Å². The lowest BCUT2D eigenvalue weighted by atomic mass is 10.1. The van der Waals surface area contributed by atoms with E-state index in [4.69, 9.17) is 14.2 Å². The van der Waals surface area contributed by atoms with E-state index in [0.29, 0.717) is 50.0 Å². The molecule has 8 nitrogen and oxygen atoms in total. The molecule has 0 bridgehead atoms. The molecule has 8 heteroatoms. The number of carbonyl (C=O) groups excluding carboxylic acids is 2. The van der Waals surface area contributed by atoms with E-state index in [1.54, 1.807) is 33.5 Å². The molecule has 1 aliphatic rings. The molecular formula is C21H33N3O5. The van der Waals surface area contributed by atoms with Crippen molar-refractivity contribution < 1.29 is 23.8 Å². The van der Waals surface area contributed by atoms with Gasteiger partial charge in [0, 0.05) is 32.7 Å². The van der Waals surface area contributed by atoms with Crippen LogP contribution >= 0.6 is 0 Å². The summed E-state index contributed by atoms with van der Waals surface area (Å²) in [5.74, 6) is 1.68. The van der Waals surface area contributed by atoms with Crippen LogP contribution in [0.3, 0.4) is 0 Å². The van der Waals surface area contributed by atoms with Crippen LogP contribution in [0.15, 0.2) is 12.1 Å². The maximum Gasteiger partial charge on any atom is 0.234 e. The van der Waals surface area contributed by atoms with Gasteiger partial charge in [0.1, 0.15) is 0 Å². The normalized spacial score (nSPS) is 14.4.